The van der Waals surface area contributed by atoms with Crippen LogP contribution in [0.2, 0.25) is 5.02 Å². The van der Waals surface area contributed by atoms with Gasteiger partial charge in [0, 0.05) is 24.0 Å². The Morgan fingerprint density at radius 1 is 1.10 bits per heavy atom. The van der Waals surface area contributed by atoms with Gasteiger partial charge in [-0.05, 0) is 63.3 Å². The number of rotatable bonds is 8. The first kappa shape index (κ1) is 22.6. The summed E-state index contributed by atoms with van der Waals surface area (Å²) >= 11 is 5.85. The molecule has 1 aliphatic heterocycles. The minimum Gasteiger partial charge on any atom is -0.381 e. The largest absolute Gasteiger partial charge is 0.381 e. The van der Waals surface area contributed by atoms with Crippen molar-refractivity contribution in [2.24, 2.45) is 0 Å². The third-order valence-electron chi connectivity index (χ3n) is 5.03. The van der Waals surface area contributed by atoms with E-state index >= 15 is 0 Å². The molecule has 2 aromatic rings. The number of piperidine rings is 1. The molecule has 1 fully saturated rings. The van der Waals surface area contributed by atoms with Crippen LogP contribution in [0.4, 0.5) is 11.4 Å². The van der Waals surface area contributed by atoms with Gasteiger partial charge in [0.2, 0.25) is 15.9 Å². The average Bonchev–Trinajstić information content (AvgIpc) is 2.71. The summed E-state index contributed by atoms with van der Waals surface area (Å²) in [7, 11) is -1.60. The fourth-order valence-corrected chi connectivity index (χ4v) is 4.65. The third-order valence-corrected chi connectivity index (χ3v) is 6.72. The first-order valence-corrected chi connectivity index (χ1v) is 11.8. The first-order valence-electron chi connectivity index (χ1n) is 9.93. The van der Waals surface area contributed by atoms with Gasteiger partial charge in [0.25, 0.3) is 0 Å². The second-order valence-electron chi connectivity index (χ2n) is 7.42. The van der Waals surface area contributed by atoms with Crippen molar-refractivity contribution in [3.05, 3.63) is 53.6 Å². The lowest BCUT2D eigenvalue weighted by Gasteiger charge is -2.30. The molecule has 2 aromatic carbocycles. The summed E-state index contributed by atoms with van der Waals surface area (Å²) in [4.78, 5) is 14.7. The van der Waals surface area contributed by atoms with Crippen molar-refractivity contribution in [3.8, 4) is 0 Å². The summed E-state index contributed by atoms with van der Waals surface area (Å²) in [5.41, 5.74) is 1.57. The van der Waals surface area contributed by atoms with Crippen LogP contribution >= 0.6 is 11.6 Å². The average molecular weight is 451 g/mol. The zero-order valence-electron chi connectivity index (χ0n) is 16.9. The summed E-state index contributed by atoms with van der Waals surface area (Å²) in [6, 6.07) is 13.9. The highest BCUT2D eigenvalue weighted by Gasteiger charge is 2.18. The van der Waals surface area contributed by atoms with Gasteiger partial charge in [0.1, 0.15) is 0 Å². The van der Waals surface area contributed by atoms with E-state index in [1.807, 2.05) is 24.3 Å². The van der Waals surface area contributed by atoms with Gasteiger partial charge in [-0.3, -0.25) is 4.79 Å². The lowest BCUT2D eigenvalue weighted by atomic mass is 10.0. The molecule has 0 aliphatic carbocycles. The number of anilines is 2. The number of likely N-dealkylation sites (tertiary alicyclic amines) is 1. The van der Waals surface area contributed by atoms with Crippen LogP contribution in [0, 0.1) is 0 Å². The number of hydrogen-bond acceptors (Lipinski definition) is 5. The molecular weight excluding hydrogens is 424 g/mol. The Labute approximate surface area is 182 Å². The van der Waals surface area contributed by atoms with E-state index in [1.165, 1.54) is 12.1 Å². The van der Waals surface area contributed by atoms with Crippen LogP contribution in [0.3, 0.4) is 0 Å². The molecule has 0 bridgehead atoms. The van der Waals surface area contributed by atoms with Crippen molar-refractivity contribution >= 4 is 38.9 Å². The normalized spacial score (nSPS) is 15.7. The molecule has 30 heavy (non-hydrogen) atoms. The number of amides is 1. The molecule has 7 nitrogen and oxygen atoms in total. The second-order valence-corrected chi connectivity index (χ2v) is 9.62. The smallest absolute Gasteiger partial charge is 0.240 e. The van der Waals surface area contributed by atoms with Crippen LogP contribution in [-0.4, -0.2) is 51.9 Å². The molecular formula is C21H27ClN4O3S. The van der Waals surface area contributed by atoms with Crippen molar-refractivity contribution in [2.75, 3.05) is 37.3 Å². The highest BCUT2D eigenvalue weighted by Crippen LogP contribution is 2.24. The number of sulfonamides is 1. The van der Waals surface area contributed by atoms with Crippen molar-refractivity contribution in [1.82, 2.24) is 9.62 Å². The molecule has 162 valence electrons. The van der Waals surface area contributed by atoms with Crippen molar-refractivity contribution in [3.63, 3.8) is 0 Å². The highest BCUT2D eigenvalue weighted by molar-refractivity contribution is 7.89. The minimum absolute atomic E-state index is 0.00870. The molecule has 1 amide bonds. The third kappa shape index (κ3) is 6.43. The highest BCUT2D eigenvalue weighted by atomic mass is 35.5. The van der Waals surface area contributed by atoms with Crippen LogP contribution < -0.4 is 15.4 Å². The topological polar surface area (TPSA) is 90.5 Å². The fourth-order valence-electron chi connectivity index (χ4n) is 3.32. The summed E-state index contributed by atoms with van der Waals surface area (Å²) in [5.74, 6) is -0.263. The van der Waals surface area contributed by atoms with Gasteiger partial charge >= 0.3 is 0 Å². The molecule has 3 rings (SSSR count). The Hall–Kier alpha value is -2.13. The maximum atomic E-state index is 12.4. The molecule has 1 heterocycles. The van der Waals surface area contributed by atoms with E-state index in [4.69, 9.17) is 11.6 Å². The van der Waals surface area contributed by atoms with Crippen LogP contribution in [0.15, 0.2) is 53.4 Å². The Kier molecular flexibility index (Phi) is 7.71. The quantitative estimate of drug-likeness (QED) is 0.574. The van der Waals surface area contributed by atoms with Crippen molar-refractivity contribution in [1.29, 1.82) is 0 Å². The lowest BCUT2D eigenvalue weighted by Crippen LogP contribution is -2.36. The summed E-state index contributed by atoms with van der Waals surface area (Å²) in [6.07, 6.45) is 2.11. The van der Waals surface area contributed by atoms with E-state index in [0.717, 1.165) is 31.6 Å². The van der Waals surface area contributed by atoms with Gasteiger partial charge in [-0.15, -0.1) is 0 Å². The Bertz CT molecular complexity index is 976. The van der Waals surface area contributed by atoms with E-state index < -0.39 is 10.0 Å². The van der Waals surface area contributed by atoms with E-state index in [9.17, 15) is 13.2 Å². The Morgan fingerprint density at radius 2 is 1.80 bits per heavy atom. The number of carbonyl (C=O) groups excluding carboxylic acids is 1. The Balaban J connectivity index is 1.53. The predicted octanol–water partition coefficient (Wildman–Crippen LogP) is 3.15. The lowest BCUT2D eigenvalue weighted by molar-refractivity contribution is -0.116. The first-order chi connectivity index (χ1) is 14.3. The molecule has 1 saturated heterocycles. The van der Waals surface area contributed by atoms with E-state index in [2.05, 4.69) is 27.3 Å². The molecule has 9 heteroatoms. The molecule has 0 radical (unpaired) electrons. The van der Waals surface area contributed by atoms with Gasteiger partial charge in [0.05, 0.1) is 16.3 Å². The van der Waals surface area contributed by atoms with Gasteiger partial charge in [0.15, 0.2) is 0 Å². The Morgan fingerprint density at radius 3 is 2.50 bits per heavy atom. The number of halogens is 1. The number of nitrogens with zero attached hydrogens (tertiary/aromatic N) is 1. The number of nitrogens with one attached hydrogen (secondary N) is 3. The van der Waals surface area contributed by atoms with Crippen LogP contribution in [-0.2, 0) is 14.8 Å². The minimum atomic E-state index is -3.71. The number of benzene rings is 2. The maximum Gasteiger partial charge on any atom is 0.240 e. The number of carbonyl (C=O) groups is 1. The van der Waals surface area contributed by atoms with E-state index in [0.29, 0.717) is 16.8 Å². The van der Waals surface area contributed by atoms with Crippen LogP contribution in [0.25, 0.3) is 0 Å². The fraction of sp³-hybridized carbons (Fsp3) is 0.381. The number of para-hydroxylation sites is 2. The molecule has 3 N–H and O–H groups in total. The summed E-state index contributed by atoms with van der Waals surface area (Å²) in [5, 5.41) is 6.73. The van der Waals surface area contributed by atoms with Gasteiger partial charge in [-0.1, -0.05) is 29.8 Å². The van der Waals surface area contributed by atoms with E-state index in [1.54, 1.807) is 12.1 Å². The molecule has 0 atom stereocenters. The SMILES string of the molecule is CN1CCC(Nc2ccccc2NC(=O)CCNS(=O)(=O)c2cccc(Cl)c2)CC1. The summed E-state index contributed by atoms with van der Waals surface area (Å²) < 4.78 is 27.1. The van der Waals surface area contributed by atoms with Crippen molar-refractivity contribution < 1.29 is 13.2 Å². The standard InChI is InChI=1S/C21H27ClN4O3S/c1-26-13-10-17(11-14-26)24-19-7-2-3-8-20(19)25-21(27)9-12-23-30(28,29)18-6-4-5-16(22)15-18/h2-8,15,17,23-24H,9-14H2,1H3,(H,25,27). The zero-order valence-corrected chi connectivity index (χ0v) is 18.5. The molecule has 0 unspecified atom stereocenters. The zero-order chi connectivity index (χ0) is 21.6. The number of hydrogen-bond donors (Lipinski definition) is 3. The molecule has 0 saturated carbocycles. The summed E-state index contributed by atoms with van der Waals surface area (Å²) in [6.45, 7) is 2.07. The van der Waals surface area contributed by atoms with Gasteiger partial charge in [-0.2, -0.15) is 0 Å². The molecule has 0 spiro atoms. The monoisotopic (exact) mass is 450 g/mol. The predicted molar refractivity (Wildman–Crippen MR) is 120 cm³/mol. The van der Waals surface area contributed by atoms with Crippen LogP contribution in [0.5, 0.6) is 0 Å². The van der Waals surface area contributed by atoms with Crippen LogP contribution in [0.1, 0.15) is 19.3 Å². The van der Waals surface area contributed by atoms with Gasteiger partial charge in [-0.25, -0.2) is 13.1 Å². The molecule has 1 aliphatic rings. The maximum absolute atomic E-state index is 12.4. The van der Waals surface area contributed by atoms with E-state index in [-0.39, 0.29) is 23.8 Å². The second kappa shape index (κ2) is 10.3. The van der Waals surface area contributed by atoms with Crippen molar-refractivity contribution in [2.45, 2.75) is 30.2 Å². The molecule has 0 aromatic heterocycles. The van der Waals surface area contributed by atoms with Gasteiger partial charge < -0.3 is 15.5 Å².